The van der Waals surface area contributed by atoms with Crippen LogP contribution in [-0.2, 0) is 14.3 Å². The SMILES string of the molecule is O=C(Nc1ccccc1OCC1CCCO1)C1(N2CCOCC2)CCCCC1. The molecule has 3 fully saturated rings. The van der Waals surface area contributed by atoms with Gasteiger partial charge in [-0.3, -0.25) is 9.69 Å². The lowest BCUT2D eigenvalue weighted by Gasteiger charge is -2.46. The maximum absolute atomic E-state index is 13.5. The van der Waals surface area contributed by atoms with Crippen molar-refractivity contribution < 1.29 is 19.0 Å². The molecule has 2 saturated heterocycles. The van der Waals surface area contributed by atoms with Gasteiger partial charge in [0.2, 0.25) is 5.91 Å². The molecule has 6 heteroatoms. The molecule has 1 N–H and O–H groups in total. The third kappa shape index (κ3) is 4.34. The Morgan fingerprint density at radius 3 is 2.64 bits per heavy atom. The van der Waals surface area contributed by atoms with E-state index in [9.17, 15) is 4.79 Å². The van der Waals surface area contributed by atoms with Crippen LogP contribution < -0.4 is 10.1 Å². The van der Waals surface area contributed by atoms with E-state index in [1.54, 1.807) is 0 Å². The Labute approximate surface area is 167 Å². The predicted octanol–water partition coefficient (Wildman–Crippen LogP) is 3.22. The molecule has 1 atom stereocenters. The number of nitrogens with zero attached hydrogens (tertiary/aromatic N) is 1. The molecule has 4 rings (SSSR count). The topological polar surface area (TPSA) is 60.0 Å². The molecule has 1 aromatic rings. The fraction of sp³-hybridized carbons (Fsp3) is 0.682. The maximum atomic E-state index is 13.5. The normalized spacial score (nSPS) is 25.4. The minimum absolute atomic E-state index is 0.0993. The van der Waals surface area contributed by atoms with E-state index in [4.69, 9.17) is 14.2 Å². The lowest BCUT2D eigenvalue weighted by Crippen LogP contribution is -2.60. The molecule has 154 valence electrons. The van der Waals surface area contributed by atoms with Gasteiger partial charge in [-0.05, 0) is 37.8 Å². The van der Waals surface area contributed by atoms with Crippen LogP contribution in [0.4, 0.5) is 5.69 Å². The van der Waals surface area contributed by atoms with Crippen molar-refractivity contribution in [3.05, 3.63) is 24.3 Å². The molecular weight excluding hydrogens is 356 g/mol. The molecule has 1 saturated carbocycles. The van der Waals surface area contributed by atoms with Gasteiger partial charge in [0.05, 0.1) is 25.0 Å². The van der Waals surface area contributed by atoms with E-state index in [0.717, 1.165) is 69.7 Å². The van der Waals surface area contributed by atoms with Gasteiger partial charge in [-0.2, -0.15) is 0 Å². The van der Waals surface area contributed by atoms with Crippen molar-refractivity contribution in [2.75, 3.05) is 44.8 Å². The lowest BCUT2D eigenvalue weighted by atomic mass is 9.79. The number of amides is 1. The maximum Gasteiger partial charge on any atom is 0.245 e. The zero-order valence-corrected chi connectivity index (χ0v) is 16.7. The summed E-state index contributed by atoms with van der Waals surface area (Å²) < 4.78 is 17.2. The summed E-state index contributed by atoms with van der Waals surface area (Å²) in [6, 6.07) is 7.74. The average Bonchev–Trinajstić information content (AvgIpc) is 3.28. The van der Waals surface area contributed by atoms with Gasteiger partial charge in [0.25, 0.3) is 0 Å². The molecule has 0 spiro atoms. The second kappa shape index (κ2) is 9.25. The highest BCUT2D eigenvalue weighted by atomic mass is 16.5. The number of nitrogens with one attached hydrogen (secondary N) is 1. The number of morpholine rings is 1. The summed E-state index contributed by atoms with van der Waals surface area (Å²) in [5.74, 6) is 0.821. The third-order valence-corrected chi connectivity index (χ3v) is 6.30. The van der Waals surface area contributed by atoms with Gasteiger partial charge in [0.15, 0.2) is 0 Å². The van der Waals surface area contributed by atoms with Crippen LogP contribution in [0.15, 0.2) is 24.3 Å². The molecule has 28 heavy (non-hydrogen) atoms. The summed E-state index contributed by atoms with van der Waals surface area (Å²) in [7, 11) is 0. The number of hydrogen-bond acceptors (Lipinski definition) is 5. The van der Waals surface area contributed by atoms with Gasteiger partial charge in [-0.1, -0.05) is 31.4 Å². The first-order valence-corrected chi connectivity index (χ1v) is 10.8. The van der Waals surface area contributed by atoms with Crippen molar-refractivity contribution in [2.24, 2.45) is 0 Å². The highest BCUT2D eigenvalue weighted by molar-refractivity contribution is 5.99. The van der Waals surface area contributed by atoms with Gasteiger partial charge >= 0.3 is 0 Å². The Bertz CT molecular complexity index is 648. The van der Waals surface area contributed by atoms with E-state index in [0.29, 0.717) is 19.8 Å². The van der Waals surface area contributed by atoms with Crippen LogP contribution in [-0.4, -0.2) is 62.0 Å². The summed E-state index contributed by atoms with van der Waals surface area (Å²) in [4.78, 5) is 15.9. The van der Waals surface area contributed by atoms with Crippen molar-refractivity contribution in [2.45, 2.75) is 56.6 Å². The summed E-state index contributed by atoms with van der Waals surface area (Å²) in [5, 5.41) is 3.21. The number of rotatable bonds is 6. The van der Waals surface area contributed by atoms with Crippen molar-refractivity contribution in [3.63, 3.8) is 0 Å². The summed E-state index contributed by atoms with van der Waals surface area (Å²) >= 11 is 0. The van der Waals surface area contributed by atoms with Crippen LogP contribution in [0.3, 0.4) is 0 Å². The monoisotopic (exact) mass is 388 g/mol. The molecule has 1 amide bonds. The van der Waals surface area contributed by atoms with E-state index in [2.05, 4.69) is 10.2 Å². The molecule has 0 radical (unpaired) electrons. The zero-order valence-electron chi connectivity index (χ0n) is 16.7. The van der Waals surface area contributed by atoms with Crippen LogP contribution in [0.1, 0.15) is 44.9 Å². The Morgan fingerprint density at radius 1 is 1.11 bits per heavy atom. The number of anilines is 1. The summed E-state index contributed by atoms with van der Waals surface area (Å²) in [6.07, 6.45) is 7.52. The van der Waals surface area contributed by atoms with E-state index >= 15 is 0 Å². The molecule has 0 aromatic heterocycles. The number of hydrogen-bond donors (Lipinski definition) is 1. The third-order valence-electron chi connectivity index (χ3n) is 6.30. The first-order valence-electron chi connectivity index (χ1n) is 10.8. The van der Waals surface area contributed by atoms with Crippen molar-refractivity contribution in [1.82, 2.24) is 4.90 Å². The van der Waals surface area contributed by atoms with Crippen molar-refractivity contribution in [1.29, 1.82) is 0 Å². The zero-order chi connectivity index (χ0) is 19.2. The molecule has 0 bridgehead atoms. The van der Waals surface area contributed by atoms with Crippen molar-refractivity contribution >= 4 is 11.6 Å². The van der Waals surface area contributed by atoms with Gasteiger partial charge in [0, 0.05) is 19.7 Å². The predicted molar refractivity (Wildman–Crippen MR) is 108 cm³/mol. The lowest BCUT2D eigenvalue weighted by molar-refractivity contribution is -0.134. The Hall–Kier alpha value is -1.63. The fourth-order valence-electron chi connectivity index (χ4n) is 4.71. The van der Waals surface area contributed by atoms with Gasteiger partial charge in [-0.15, -0.1) is 0 Å². The smallest absolute Gasteiger partial charge is 0.245 e. The minimum atomic E-state index is -0.427. The number of carbonyl (C=O) groups excluding carboxylic acids is 1. The minimum Gasteiger partial charge on any atom is -0.489 e. The fourth-order valence-corrected chi connectivity index (χ4v) is 4.71. The van der Waals surface area contributed by atoms with Crippen LogP contribution in [0.5, 0.6) is 5.75 Å². The molecule has 1 unspecified atom stereocenters. The van der Waals surface area contributed by atoms with Crippen LogP contribution in [0.25, 0.3) is 0 Å². The molecule has 2 heterocycles. The highest BCUT2D eigenvalue weighted by Gasteiger charge is 2.45. The number of para-hydroxylation sites is 2. The molecular formula is C22H32N2O4. The van der Waals surface area contributed by atoms with E-state index < -0.39 is 5.54 Å². The van der Waals surface area contributed by atoms with Gasteiger partial charge in [0.1, 0.15) is 17.9 Å². The van der Waals surface area contributed by atoms with E-state index in [1.165, 1.54) is 6.42 Å². The Balaban J connectivity index is 1.47. The quantitative estimate of drug-likeness (QED) is 0.811. The number of ether oxygens (including phenoxy) is 3. The van der Waals surface area contributed by atoms with Crippen LogP contribution in [0.2, 0.25) is 0 Å². The second-order valence-electron chi connectivity index (χ2n) is 8.09. The first-order chi connectivity index (χ1) is 13.8. The standard InChI is InChI=1S/C22H32N2O4/c25-21(22(10-4-1-5-11-22)24-12-15-26-16-13-24)23-19-8-2-3-9-20(19)28-17-18-7-6-14-27-18/h2-3,8-9,18H,1,4-7,10-17H2,(H,23,25). The van der Waals surface area contributed by atoms with E-state index in [-0.39, 0.29) is 12.0 Å². The first kappa shape index (κ1) is 19.7. The second-order valence-corrected chi connectivity index (χ2v) is 8.09. The molecule has 6 nitrogen and oxygen atoms in total. The van der Waals surface area contributed by atoms with Crippen LogP contribution in [0, 0.1) is 0 Å². The van der Waals surface area contributed by atoms with Crippen LogP contribution >= 0.6 is 0 Å². The number of carbonyl (C=O) groups is 1. The van der Waals surface area contributed by atoms with Gasteiger partial charge < -0.3 is 19.5 Å². The highest BCUT2D eigenvalue weighted by Crippen LogP contribution is 2.36. The number of benzene rings is 1. The molecule has 1 aliphatic carbocycles. The average molecular weight is 389 g/mol. The molecule has 2 aliphatic heterocycles. The molecule has 3 aliphatic rings. The largest absolute Gasteiger partial charge is 0.489 e. The summed E-state index contributed by atoms with van der Waals surface area (Å²) in [5.41, 5.74) is 0.327. The molecule has 1 aromatic carbocycles. The van der Waals surface area contributed by atoms with Gasteiger partial charge in [-0.25, -0.2) is 0 Å². The van der Waals surface area contributed by atoms with Crippen molar-refractivity contribution in [3.8, 4) is 5.75 Å². The summed E-state index contributed by atoms with van der Waals surface area (Å²) in [6.45, 7) is 4.40. The van der Waals surface area contributed by atoms with E-state index in [1.807, 2.05) is 24.3 Å². The Kier molecular flexibility index (Phi) is 6.50. The Morgan fingerprint density at radius 2 is 1.89 bits per heavy atom.